The van der Waals surface area contributed by atoms with Crippen LogP contribution in [0, 0.1) is 0 Å². The number of rotatable bonds is 8. The van der Waals surface area contributed by atoms with Gasteiger partial charge in [-0.15, -0.1) is 6.58 Å². The Labute approximate surface area is 88.4 Å². The van der Waals surface area contributed by atoms with Gasteiger partial charge in [-0.05, 0) is 32.4 Å². The Kier molecular flexibility index (Phi) is 5.88. The van der Waals surface area contributed by atoms with E-state index in [1.165, 1.54) is 51.9 Å². The Hall–Kier alpha value is -0.340. The summed E-state index contributed by atoms with van der Waals surface area (Å²) in [7, 11) is 0. The van der Waals surface area contributed by atoms with Crippen LogP contribution in [0.4, 0.5) is 0 Å². The first-order valence-electron chi connectivity index (χ1n) is 5.94. The SMILES string of the molecule is C=CCCCCCN(CC)C1CNC1. The summed E-state index contributed by atoms with van der Waals surface area (Å²) in [5, 5.41) is 3.33. The summed E-state index contributed by atoms with van der Waals surface area (Å²) >= 11 is 0. The molecular formula is C12H24N2. The van der Waals surface area contributed by atoms with Crippen molar-refractivity contribution in [2.24, 2.45) is 0 Å². The highest BCUT2D eigenvalue weighted by Crippen LogP contribution is 2.08. The smallest absolute Gasteiger partial charge is 0.0345 e. The second-order valence-electron chi connectivity index (χ2n) is 4.08. The molecule has 1 fully saturated rings. The molecule has 2 nitrogen and oxygen atoms in total. The van der Waals surface area contributed by atoms with Crippen molar-refractivity contribution < 1.29 is 0 Å². The molecule has 1 aliphatic rings. The standard InChI is InChI=1S/C12H24N2/c1-3-5-6-7-8-9-14(4-2)12-10-13-11-12/h3,12-13H,1,4-11H2,2H3. The van der Waals surface area contributed by atoms with Crippen LogP contribution in [0.2, 0.25) is 0 Å². The summed E-state index contributed by atoms with van der Waals surface area (Å²) in [4.78, 5) is 2.60. The number of hydrogen-bond donors (Lipinski definition) is 1. The van der Waals surface area contributed by atoms with E-state index in [2.05, 4.69) is 23.7 Å². The lowest BCUT2D eigenvalue weighted by molar-refractivity contribution is 0.150. The molecule has 1 aliphatic heterocycles. The molecule has 0 spiro atoms. The Morgan fingerprint density at radius 2 is 2.14 bits per heavy atom. The summed E-state index contributed by atoms with van der Waals surface area (Å²) in [5.41, 5.74) is 0. The molecule has 1 N–H and O–H groups in total. The summed E-state index contributed by atoms with van der Waals surface area (Å²) in [5.74, 6) is 0. The number of unbranched alkanes of at least 4 members (excludes halogenated alkanes) is 3. The van der Waals surface area contributed by atoms with Crippen molar-refractivity contribution in [2.75, 3.05) is 26.2 Å². The third kappa shape index (κ3) is 3.81. The van der Waals surface area contributed by atoms with Gasteiger partial charge in [0.2, 0.25) is 0 Å². The first-order valence-corrected chi connectivity index (χ1v) is 5.94. The van der Waals surface area contributed by atoms with Crippen LogP contribution in [0.5, 0.6) is 0 Å². The molecule has 0 unspecified atom stereocenters. The van der Waals surface area contributed by atoms with Crippen LogP contribution in [0.15, 0.2) is 12.7 Å². The number of allylic oxidation sites excluding steroid dienone is 1. The van der Waals surface area contributed by atoms with Crippen LogP contribution < -0.4 is 5.32 Å². The van der Waals surface area contributed by atoms with E-state index in [1.54, 1.807) is 0 Å². The van der Waals surface area contributed by atoms with Gasteiger partial charge in [-0.2, -0.15) is 0 Å². The van der Waals surface area contributed by atoms with Gasteiger partial charge in [-0.25, -0.2) is 0 Å². The van der Waals surface area contributed by atoms with E-state index in [0.717, 1.165) is 6.04 Å². The Bertz CT molecular complexity index is 152. The average molecular weight is 196 g/mol. The van der Waals surface area contributed by atoms with E-state index < -0.39 is 0 Å². The highest BCUT2D eigenvalue weighted by atomic mass is 15.2. The van der Waals surface area contributed by atoms with Crippen LogP contribution in [0.3, 0.4) is 0 Å². The Balaban J connectivity index is 1.99. The van der Waals surface area contributed by atoms with Gasteiger partial charge < -0.3 is 5.32 Å². The van der Waals surface area contributed by atoms with Gasteiger partial charge in [0.15, 0.2) is 0 Å². The first-order chi connectivity index (χ1) is 6.88. The van der Waals surface area contributed by atoms with Crippen LogP contribution in [0.25, 0.3) is 0 Å². The third-order valence-electron chi connectivity index (χ3n) is 3.04. The van der Waals surface area contributed by atoms with Crippen LogP contribution in [0.1, 0.15) is 32.6 Å². The van der Waals surface area contributed by atoms with E-state index in [9.17, 15) is 0 Å². The van der Waals surface area contributed by atoms with E-state index >= 15 is 0 Å². The lowest BCUT2D eigenvalue weighted by Gasteiger charge is -2.37. The van der Waals surface area contributed by atoms with Crippen LogP contribution >= 0.6 is 0 Å². The third-order valence-corrected chi connectivity index (χ3v) is 3.04. The largest absolute Gasteiger partial charge is 0.314 e. The monoisotopic (exact) mass is 196 g/mol. The molecule has 0 atom stereocenters. The summed E-state index contributed by atoms with van der Waals surface area (Å²) in [6.07, 6.45) is 7.20. The topological polar surface area (TPSA) is 15.3 Å². The Morgan fingerprint density at radius 1 is 1.36 bits per heavy atom. The van der Waals surface area contributed by atoms with Gasteiger partial charge in [0, 0.05) is 19.1 Å². The van der Waals surface area contributed by atoms with Crippen molar-refractivity contribution in [2.45, 2.75) is 38.6 Å². The molecule has 0 bridgehead atoms. The normalized spacial score (nSPS) is 17.0. The molecule has 1 heterocycles. The zero-order chi connectivity index (χ0) is 10.2. The average Bonchev–Trinajstić information content (AvgIpc) is 2.12. The fourth-order valence-corrected chi connectivity index (χ4v) is 1.91. The molecule has 1 saturated heterocycles. The molecule has 0 aliphatic carbocycles. The zero-order valence-electron chi connectivity index (χ0n) is 9.47. The molecule has 0 saturated carbocycles. The highest BCUT2D eigenvalue weighted by Gasteiger charge is 2.22. The van der Waals surface area contributed by atoms with Crippen LogP contribution in [-0.2, 0) is 0 Å². The molecule has 0 radical (unpaired) electrons. The predicted octanol–water partition coefficient (Wildman–Crippen LogP) is 2.03. The Morgan fingerprint density at radius 3 is 2.64 bits per heavy atom. The summed E-state index contributed by atoms with van der Waals surface area (Å²) in [6.45, 7) is 10.9. The zero-order valence-corrected chi connectivity index (χ0v) is 9.47. The molecule has 1 rings (SSSR count). The lowest BCUT2D eigenvalue weighted by atomic mass is 10.1. The minimum atomic E-state index is 0.819. The first kappa shape index (κ1) is 11.7. The van der Waals surface area contributed by atoms with E-state index in [-0.39, 0.29) is 0 Å². The maximum atomic E-state index is 3.74. The van der Waals surface area contributed by atoms with Gasteiger partial charge >= 0.3 is 0 Å². The molecule has 2 heteroatoms. The van der Waals surface area contributed by atoms with Gasteiger partial charge in [-0.1, -0.05) is 19.4 Å². The molecule has 0 amide bonds. The molecular weight excluding hydrogens is 172 g/mol. The maximum Gasteiger partial charge on any atom is 0.0345 e. The van der Waals surface area contributed by atoms with E-state index in [4.69, 9.17) is 0 Å². The van der Waals surface area contributed by atoms with Gasteiger partial charge in [0.1, 0.15) is 0 Å². The number of likely N-dealkylation sites (N-methyl/N-ethyl adjacent to an activating group) is 1. The van der Waals surface area contributed by atoms with Gasteiger partial charge in [0.25, 0.3) is 0 Å². The van der Waals surface area contributed by atoms with Crippen molar-refractivity contribution in [3.05, 3.63) is 12.7 Å². The van der Waals surface area contributed by atoms with Crippen LogP contribution in [-0.4, -0.2) is 37.1 Å². The maximum absolute atomic E-state index is 3.74. The fraction of sp³-hybridized carbons (Fsp3) is 0.833. The van der Waals surface area contributed by atoms with E-state index in [1.807, 2.05) is 6.08 Å². The molecule has 82 valence electrons. The quantitative estimate of drug-likeness (QED) is 0.472. The molecule has 0 aromatic heterocycles. The number of hydrogen-bond acceptors (Lipinski definition) is 2. The van der Waals surface area contributed by atoms with Gasteiger partial charge in [0.05, 0.1) is 0 Å². The molecule has 0 aromatic carbocycles. The number of nitrogens with one attached hydrogen (secondary N) is 1. The van der Waals surface area contributed by atoms with E-state index in [0.29, 0.717) is 0 Å². The van der Waals surface area contributed by atoms with Gasteiger partial charge in [-0.3, -0.25) is 4.90 Å². The minimum absolute atomic E-state index is 0.819. The molecule has 14 heavy (non-hydrogen) atoms. The molecule has 0 aromatic rings. The van der Waals surface area contributed by atoms with Crippen molar-refractivity contribution in [3.8, 4) is 0 Å². The highest BCUT2D eigenvalue weighted by molar-refractivity contribution is 4.83. The van der Waals surface area contributed by atoms with Crippen molar-refractivity contribution in [1.29, 1.82) is 0 Å². The predicted molar refractivity (Wildman–Crippen MR) is 62.6 cm³/mol. The lowest BCUT2D eigenvalue weighted by Crippen LogP contribution is -2.57. The second-order valence-corrected chi connectivity index (χ2v) is 4.08. The fourth-order valence-electron chi connectivity index (χ4n) is 1.91. The summed E-state index contributed by atoms with van der Waals surface area (Å²) in [6, 6.07) is 0.819. The number of nitrogens with zero attached hydrogens (tertiary/aromatic N) is 1. The second kappa shape index (κ2) is 7.02. The van der Waals surface area contributed by atoms with Crippen molar-refractivity contribution >= 4 is 0 Å². The van der Waals surface area contributed by atoms with Crippen molar-refractivity contribution in [3.63, 3.8) is 0 Å². The summed E-state index contributed by atoms with van der Waals surface area (Å²) < 4.78 is 0. The van der Waals surface area contributed by atoms with Crippen molar-refractivity contribution in [1.82, 2.24) is 10.2 Å². The minimum Gasteiger partial charge on any atom is -0.314 e.